The normalized spacial score (nSPS) is 14.1. The molecule has 3 aromatic rings. The lowest BCUT2D eigenvalue weighted by atomic mass is 9.99. The SMILES string of the molecule is COc1ccc(CNC(=O)c2cc(-c3ccccc3C=CC(C)O)cnc2OCC2CC2)cc1F. The van der Waals surface area contributed by atoms with Crippen LogP contribution in [0.25, 0.3) is 17.2 Å². The fourth-order valence-corrected chi connectivity index (χ4v) is 3.60. The molecule has 1 amide bonds. The van der Waals surface area contributed by atoms with E-state index in [-0.39, 0.29) is 24.1 Å². The van der Waals surface area contributed by atoms with Crippen molar-refractivity contribution in [3.05, 3.63) is 83.3 Å². The van der Waals surface area contributed by atoms with Gasteiger partial charge in [0.25, 0.3) is 5.91 Å². The van der Waals surface area contributed by atoms with Gasteiger partial charge in [0.2, 0.25) is 5.88 Å². The number of methoxy groups -OCH3 is 1. The van der Waals surface area contributed by atoms with Gasteiger partial charge in [0, 0.05) is 18.3 Å². The predicted molar refractivity (Wildman–Crippen MR) is 133 cm³/mol. The molecule has 1 aliphatic rings. The quantitative estimate of drug-likeness (QED) is 0.430. The number of hydrogen-bond acceptors (Lipinski definition) is 5. The fourth-order valence-electron chi connectivity index (χ4n) is 3.60. The third kappa shape index (κ3) is 6.45. The van der Waals surface area contributed by atoms with Gasteiger partial charge in [-0.05, 0) is 60.6 Å². The third-order valence-electron chi connectivity index (χ3n) is 5.74. The van der Waals surface area contributed by atoms with Gasteiger partial charge in [0.1, 0.15) is 5.56 Å². The van der Waals surface area contributed by atoms with E-state index in [1.807, 2.05) is 30.3 Å². The molecule has 2 aromatic carbocycles. The molecule has 4 rings (SSSR count). The number of aliphatic hydroxyl groups excluding tert-OH is 1. The number of aliphatic hydroxyl groups is 1. The monoisotopic (exact) mass is 476 g/mol. The summed E-state index contributed by atoms with van der Waals surface area (Å²) in [6.45, 7) is 2.34. The summed E-state index contributed by atoms with van der Waals surface area (Å²) in [7, 11) is 1.40. The molecule has 2 N–H and O–H groups in total. The van der Waals surface area contributed by atoms with Crippen LogP contribution in [0.4, 0.5) is 4.39 Å². The number of carbonyl (C=O) groups is 1. The van der Waals surface area contributed by atoms with Crippen LogP contribution in [0.5, 0.6) is 11.6 Å². The third-order valence-corrected chi connectivity index (χ3v) is 5.74. The number of ether oxygens (including phenoxy) is 2. The van der Waals surface area contributed by atoms with Crippen molar-refractivity contribution < 1.29 is 23.8 Å². The summed E-state index contributed by atoms with van der Waals surface area (Å²) in [5.41, 5.74) is 3.43. The van der Waals surface area contributed by atoms with Crippen molar-refractivity contribution in [2.45, 2.75) is 32.4 Å². The van der Waals surface area contributed by atoms with E-state index >= 15 is 0 Å². The Morgan fingerprint density at radius 3 is 2.77 bits per heavy atom. The first-order valence-corrected chi connectivity index (χ1v) is 11.6. The van der Waals surface area contributed by atoms with Crippen LogP contribution in [-0.4, -0.2) is 35.8 Å². The minimum Gasteiger partial charge on any atom is -0.494 e. The minimum absolute atomic E-state index is 0.139. The molecule has 1 unspecified atom stereocenters. The molecule has 1 saturated carbocycles. The highest BCUT2D eigenvalue weighted by atomic mass is 19.1. The van der Waals surface area contributed by atoms with Crippen molar-refractivity contribution in [1.29, 1.82) is 0 Å². The summed E-state index contributed by atoms with van der Waals surface area (Å²) in [5, 5.41) is 12.5. The minimum atomic E-state index is -0.580. The molecule has 1 heterocycles. The number of pyridine rings is 1. The van der Waals surface area contributed by atoms with Crippen molar-refractivity contribution in [3.8, 4) is 22.8 Å². The summed E-state index contributed by atoms with van der Waals surface area (Å²) >= 11 is 0. The predicted octanol–water partition coefficient (Wildman–Crippen LogP) is 5.01. The Labute approximate surface area is 204 Å². The van der Waals surface area contributed by atoms with Gasteiger partial charge < -0.3 is 19.9 Å². The number of amides is 1. The smallest absolute Gasteiger partial charge is 0.257 e. The van der Waals surface area contributed by atoms with Gasteiger partial charge in [-0.25, -0.2) is 9.37 Å². The van der Waals surface area contributed by atoms with Crippen LogP contribution in [-0.2, 0) is 6.54 Å². The number of hydrogen-bond donors (Lipinski definition) is 2. The zero-order chi connectivity index (χ0) is 24.8. The molecular formula is C28H29FN2O4. The maximum atomic E-state index is 14.0. The highest BCUT2D eigenvalue weighted by molar-refractivity contribution is 5.97. The van der Waals surface area contributed by atoms with Crippen molar-refractivity contribution in [2.75, 3.05) is 13.7 Å². The van der Waals surface area contributed by atoms with Gasteiger partial charge >= 0.3 is 0 Å². The van der Waals surface area contributed by atoms with E-state index in [4.69, 9.17) is 9.47 Å². The number of benzene rings is 2. The average molecular weight is 477 g/mol. The standard InChI is InChI=1S/C28H29FN2O4/c1-18(32)7-11-21-5-3-4-6-23(21)22-14-24(28(31-16-22)35-17-19-8-9-19)27(33)30-15-20-10-12-26(34-2)25(29)13-20/h3-7,10-14,16,18-19,32H,8-9,15,17H2,1-2H3,(H,30,33). The molecule has 1 aliphatic carbocycles. The Morgan fingerprint density at radius 2 is 2.06 bits per heavy atom. The Bertz CT molecular complexity index is 1220. The molecular weight excluding hydrogens is 447 g/mol. The van der Waals surface area contributed by atoms with Crippen LogP contribution in [0.3, 0.4) is 0 Å². The number of rotatable bonds is 10. The van der Waals surface area contributed by atoms with Gasteiger partial charge in [0.05, 0.1) is 19.8 Å². The Kier molecular flexibility index (Phi) is 7.77. The summed E-state index contributed by atoms with van der Waals surface area (Å²) in [6.07, 6.45) is 6.88. The van der Waals surface area contributed by atoms with Gasteiger partial charge in [-0.1, -0.05) is 42.5 Å². The maximum absolute atomic E-state index is 14.0. The number of aromatic nitrogens is 1. The van der Waals surface area contributed by atoms with Crippen LogP contribution in [0.15, 0.2) is 60.8 Å². The first-order valence-electron chi connectivity index (χ1n) is 11.6. The number of halogens is 1. The summed E-state index contributed by atoms with van der Waals surface area (Å²) in [6, 6.07) is 14.0. The van der Waals surface area contributed by atoms with Crippen molar-refractivity contribution >= 4 is 12.0 Å². The first kappa shape index (κ1) is 24.4. The molecule has 0 aliphatic heterocycles. The zero-order valence-corrected chi connectivity index (χ0v) is 19.8. The first-order chi connectivity index (χ1) is 16.9. The molecule has 1 atom stereocenters. The zero-order valence-electron chi connectivity index (χ0n) is 19.8. The maximum Gasteiger partial charge on any atom is 0.257 e. The molecule has 1 aromatic heterocycles. The largest absolute Gasteiger partial charge is 0.494 e. The topological polar surface area (TPSA) is 80.7 Å². The Hall–Kier alpha value is -3.71. The lowest BCUT2D eigenvalue weighted by Crippen LogP contribution is -2.24. The van der Waals surface area contributed by atoms with Crippen LogP contribution >= 0.6 is 0 Å². The average Bonchev–Trinajstić information content (AvgIpc) is 3.69. The van der Waals surface area contributed by atoms with Gasteiger partial charge in [0.15, 0.2) is 11.6 Å². The van der Waals surface area contributed by atoms with Crippen molar-refractivity contribution in [1.82, 2.24) is 10.3 Å². The summed E-state index contributed by atoms with van der Waals surface area (Å²) in [4.78, 5) is 17.7. The molecule has 0 bridgehead atoms. The van der Waals surface area contributed by atoms with E-state index in [1.54, 1.807) is 31.3 Å². The van der Waals surface area contributed by atoms with E-state index in [1.165, 1.54) is 19.2 Å². The second-order valence-corrected chi connectivity index (χ2v) is 8.67. The highest BCUT2D eigenvalue weighted by Crippen LogP contribution is 2.32. The van der Waals surface area contributed by atoms with Crippen molar-refractivity contribution in [3.63, 3.8) is 0 Å². The Morgan fingerprint density at radius 1 is 1.26 bits per heavy atom. The molecule has 182 valence electrons. The fraction of sp³-hybridized carbons (Fsp3) is 0.286. The lowest BCUT2D eigenvalue weighted by Gasteiger charge is -2.14. The van der Waals surface area contributed by atoms with Crippen LogP contribution in [0.2, 0.25) is 0 Å². The second-order valence-electron chi connectivity index (χ2n) is 8.67. The van der Waals surface area contributed by atoms with Gasteiger partial charge in [-0.3, -0.25) is 4.79 Å². The van der Waals surface area contributed by atoms with Crippen LogP contribution in [0, 0.1) is 11.7 Å². The van der Waals surface area contributed by atoms with E-state index in [0.29, 0.717) is 23.7 Å². The summed E-state index contributed by atoms with van der Waals surface area (Å²) < 4.78 is 24.9. The van der Waals surface area contributed by atoms with Crippen LogP contribution < -0.4 is 14.8 Å². The Balaban J connectivity index is 1.60. The molecule has 7 heteroatoms. The van der Waals surface area contributed by atoms with Gasteiger partial charge in [-0.15, -0.1) is 0 Å². The van der Waals surface area contributed by atoms with E-state index < -0.39 is 11.9 Å². The highest BCUT2D eigenvalue weighted by Gasteiger charge is 2.24. The lowest BCUT2D eigenvalue weighted by molar-refractivity contribution is 0.0945. The van der Waals surface area contributed by atoms with Gasteiger partial charge in [-0.2, -0.15) is 0 Å². The molecule has 1 fully saturated rings. The van der Waals surface area contributed by atoms with E-state index in [9.17, 15) is 14.3 Å². The second kappa shape index (κ2) is 11.1. The molecule has 0 spiro atoms. The molecule has 6 nitrogen and oxygen atoms in total. The van der Waals surface area contributed by atoms with Crippen molar-refractivity contribution in [2.24, 2.45) is 5.92 Å². The summed E-state index contributed by atoms with van der Waals surface area (Å²) in [5.74, 6) is 0.0738. The van der Waals surface area contributed by atoms with E-state index in [0.717, 1.165) is 29.5 Å². The number of nitrogens with zero attached hydrogens (tertiary/aromatic N) is 1. The van der Waals surface area contributed by atoms with Crippen LogP contribution in [0.1, 0.15) is 41.3 Å². The number of carbonyl (C=O) groups excluding carboxylic acids is 1. The molecule has 35 heavy (non-hydrogen) atoms. The van der Waals surface area contributed by atoms with E-state index in [2.05, 4.69) is 10.3 Å². The number of nitrogens with one attached hydrogen (secondary N) is 1. The molecule has 0 radical (unpaired) electrons. The molecule has 0 saturated heterocycles.